The molecule has 18 heavy (non-hydrogen) atoms. The van der Waals surface area contributed by atoms with Gasteiger partial charge in [0.05, 0.1) is 12.2 Å². The highest BCUT2D eigenvalue weighted by Crippen LogP contribution is 2.29. The summed E-state index contributed by atoms with van der Waals surface area (Å²) in [6, 6.07) is 0. The maximum Gasteiger partial charge on any atom is 0.192 e. The normalized spacial score (nSPS) is 27.6. The fourth-order valence-corrected chi connectivity index (χ4v) is 2.58. The highest BCUT2D eigenvalue weighted by Gasteiger charge is 2.35. The van der Waals surface area contributed by atoms with Crippen molar-refractivity contribution in [3.05, 3.63) is 18.1 Å². The second kappa shape index (κ2) is 4.41. The number of ether oxygens (including phenoxy) is 1. The Morgan fingerprint density at radius 2 is 2.00 bits per heavy atom. The number of amidine groups is 1. The predicted molar refractivity (Wildman–Crippen MR) is 64.7 cm³/mol. The molecule has 0 radical (unpaired) electrons. The number of fused-ring (bicyclic) bond motifs is 2. The Balaban J connectivity index is 1.92. The number of aromatic nitrogens is 2. The van der Waals surface area contributed by atoms with E-state index in [1.807, 2.05) is 0 Å². The van der Waals surface area contributed by atoms with Gasteiger partial charge >= 0.3 is 0 Å². The average molecular weight is 249 g/mol. The minimum Gasteiger partial charge on any atom is -0.409 e. The standard InChI is InChI=1S/C11H15N5O2/c12-10(15-17)9-11(14-4-3-13-9)16-5-7-1-2-8(6-16)18-7/h3-4,7-8,17H,1-2,5-6H2,(H2,12,15). The van der Waals surface area contributed by atoms with Crippen molar-refractivity contribution >= 4 is 11.7 Å². The first-order valence-corrected chi connectivity index (χ1v) is 5.97. The molecule has 0 aromatic carbocycles. The van der Waals surface area contributed by atoms with Crippen LogP contribution in [0.15, 0.2) is 17.5 Å². The van der Waals surface area contributed by atoms with Crippen molar-refractivity contribution < 1.29 is 9.94 Å². The summed E-state index contributed by atoms with van der Waals surface area (Å²) in [5.41, 5.74) is 6.04. The van der Waals surface area contributed by atoms with E-state index >= 15 is 0 Å². The van der Waals surface area contributed by atoms with Gasteiger partial charge in [0.25, 0.3) is 0 Å². The third-order valence-corrected chi connectivity index (χ3v) is 3.37. The van der Waals surface area contributed by atoms with Gasteiger partial charge < -0.3 is 20.6 Å². The molecule has 3 heterocycles. The molecule has 2 unspecified atom stereocenters. The van der Waals surface area contributed by atoms with Crippen LogP contribution in [0.25, 0.3) is 0 Å². The third-order valence-electron chi connectivity index (χ3n) is 3.37. The first-order chi connectivity index (χ1) is 8.78. The van der Waals surface area contributed by atoms with Gasteiger partial charge in [0.15, 0.2) is 17.3 Å². The van der Waals surface area contributed by atoms with Crippen molar-refractivity contribution in [2.45, 2.75) is 25.0 Å². The summed E-state index contributed by atoms with van der Waals surface area (Å²) >= 11 is 0. The molecule has 7 heteroatoms. The molecular formula is C11H15N5O2. The highest BCUT2D eigenvalue weighted by molar-refractivity contribution is 5.99. The van der Waals surface area contributed by atoms with Gasteiger partial charge in [0, 0.05) is 25.5 Å². The first-order valence-electron chi connectivity index (χ1n) is 5.97. The zero-order chi connectivity index (χ0) is 12.5. The Bertz CT molecular complexity index is 466. The van der Waals surface area contributed by atoms with Crippen LogP contribution < -0.4 is 10.6 Å². The fraction of sp³-hybridized carbons (Fsp3) is 0.545. The molecule has 2 aliphatic heterocycles. The molecule has 96 valence electrons. The fourth-order valence-electron chi connectivity index (χ4n) is 2.58. The van der Waals surface area contributed by atoms with Gasteiger partial charge in [0.1, 0.15) is 0 Å². The number of nitrogens with two attached hydrogens (primary N) is 1. The molecule has 3 rings (SSSR count). The van der Waals surface area contributed by atoms with Crippen LogP contribution in [-0.4, -0.2) is 46.3 Å². The molecule has 2 fully saturated rings. The lowest BCUT2D eigenvalue weighted by molar-refractivity contribution is 0.0302. The molecule has 0 saturated carbocycles. The van der Waals surface area contributed by atoms with Crippen LogP contribution in [0.1, 0.15) is 18.5 Å². The molecule has 1 aromatic heterocycles. The van der Waals surface area contributed by atoms with Crippen molar-refractivity contribution in [3.8, 4) is 0 Å². The zero-order valence-corrected chi connectivity index (χ0v) is 9.86. The molecule has 1 aromatic rings. The van der Waals surface area contributed by atoms with Crippen LogP contribution in [0.4, 0.5) is 5.82 Å². The van der Waals surface area contributed by atoms with Gasteiger partial charge in [-0.25, -0.2) is 9.97 Å². The lowest BCUT2D eigenvalue weighted by Gasteiger charge is -2.33. The third kappa shape index (κ3) is 1.86. The summed E-state index contributed by atoms with van der Waals surface area (Å²) in [7, 11) is 0. The van der Waals surface area contributed by atoms with Crippen LogP contribution >= 0.6 is 0 Å². The maximum atomic E-state index is 8.78. The van der Waals surface area contributed by atoms with Crippen molar-refractivity contribution in [2.75, 3.05) is 18.0 Å². The van der Waals surface area contributed by atoms with E-state index in [0.717, 1.165) is 25.9 Å². The molecule has 0 amide bonds. The van der Waals surface area contributed by atoms with Crippen LogP contribution in [-0.2, 0) is 4.74 Å². The van der Waals surface area contributed by atoms with Crippen molar-refractivity contribution in [2.24, 2.45) is 10.9 Å². The van der Waals surface area contributed by atoms with E-state index in [4.69, 9.17) is 15.7 Å². The summed E-state index contributed by atoms with van der Waals surface area (Å²) in [5, 5.41) is 11.8. The molecule has 7 nitrogen and oxygen atoms in total. The largest absolute Gasteiger partial charge is 0.409 e. The molecule has 0 spiro atoms. The zero-order valence-electron chi connectivity index (χ0n) is 9.86. The maximum absolute atomic E-state index is 8.78. The number of hydrogen-bond acceptors (Lipinski definition) is 6. The van der Waals surface area contributed by atoms with Gasteiger partial charge in [-0.15, -0.1) is 0 Å². The Hall–Kier alpha value is -1.89. The Morgan fingerprint density at radius 3 is 2.67 bits per heavy atom. The number of anilines is 1. The smallest absolute Gasteiger partial charge is 0.192 e. The molecule has 2 atom stereocenters. The van der Waals surface area contributed by atoms with E-state index in [2.05, 4.69) is 20.0 Å². The van der Waals surface area contributed by atoms with Gasteiger partial charge in [-0.05, 0) is 12.8 Å². The lowest BCUT2D eigenvalue weighted by atomic mass is 10.2. The minimum atomic E-state index is -0.0167. The molecular weight excluding hydrogens is 234 g/mol. The summed E-state index contributed by atoms with van der Waals surface area (Å²) in [6.45, 7) is 1.56. The molecule has 0 aliphatic carbocycles. The first kappa shape index (κ1) is 11.2. The minimum absolute atomic E-state index is 0.0167. The SMILES string of the molecule is NC(=NO)c1nccnc1N1CC2CCC(C1)O2. The molecule has 2 aliphatic rings. The van der Waals surface area contributed by atoms with Crippen LogP contribution in [0.3, 0.4) is 0 Å². The summed E-state index contributed by atoms with van der Waals surface area (Å²) in [4.78, 5) is 10.5. The van der Waals surface area contributed by atoms with E-state index in [1.165, 1.54) is 6.20 Å². The van der Waals surface area contributed by atoms with E-state index in [9.17, 15) is 0 Å². The summed E-state index contributed by atoms with van der Waals surface area (Å²) in [5.74, 6) is 0.643. The van der Waals surface area contributed by atoms with E-state index < -0.39 is 0 Å². The van der Waals surface area contributed by atoms with Crippen molar-refractivity contribution in [1.29, 1.82) is 0 Å². The van der Waals surface area contributed by atoms with Crippen LogP contribution in [0, 0.1) is 0 Å². The average Bonchev–Trinajstić information content (AvgIpc) is 2.76. The summed E-state index contributed by atoms with van der Waals surface area (Å²) in [6.07, 6.45) is 5.82. The van der Waals surface area contributed by atoms with Gasteiger partial charge in [0.2, 0.25) is 0 Å². The number of oxime groups is 1. The molecule has 2 saturated heterocycles. The molecule has 3 N–H and O–H groups in total. The lowest BCUT2D eigenvalue weighted by Crippen LogP contribution is -2.44. The topological polar surface area (TPSA) is 96.9 Å². The van der Waals surface area contributed by atoms with E-state index in [1.54, 1.807) is 6.20 Å². The number of hydrogen-bond donors (Lipinski definition) is 2. The second-order valence-electron chi connectivity index (χ2n) is 4.58. The quantitative estimate of drug-likeness (QED) is 0.330. The van der Waals surface area contributed by atoms with E-state index in [-0.39, 0.29) is 18.0 Å². The van der Waals surface area contributed by atoms with Crippen LogP contribution in [0.5, 0.6) is 0 Å². The highest BCUT2D eigenvalue weighted by atomic mass is 16.5. The summed E-state index contributed by atoms with van der Waals surface area (Å²) < 4.78 is 5.77. The van der Waals surface area contributed by atoms with Crippen LogP contribution in [0.2, 0.25) is 0 Å². The second-order valence-corrected chi connectivity index (χ2v) is 4.58. The monoisotopic (exact) mass is 249 g/mol. The number of nitrogens with zero attached hydrogens (tertiary/aromatic N) is 4. The predicted octanol–water partition coefficient (Wildman–Crippen LogP) is -0.0613. The van der Waals surface area contributed by atoms with Crippen molar-refractivity contribution in [1.82, 2.24) is 9.97 Å². The van der Waals surface area contributed by atoms with Gasteiger partial charge in [-0.3, -0.25) is 0 Å². The number of morpholine rings is 1. The Kier molecular flexibility index (Phi) is 2.75. The Morgan fingerprint density at radius 1 is 1.33 bits per heavy atom. The number of rotatable bonds is 2. The Labute approximate surface area is 104 Å². The molecule has 2 bridgehead atoms. The van der Waals surface area contributed by atoms with Crippen molar-refractivity contribution in [3.63, 3.8) is 0 Å². The van der Waals surface area contributed by atoms with E-state index in [0.29, 0.717) is 11.5 Å². The van der Waals surface area contributed by atoms with Gasteiger partial charge in [-0.1, -0.05) is 5.16 Å². The van der Waals surface area contributed by atoms with Gasteiger partial charge in [-0.2, -0.15) is 0 Å².